The second-order valence-electron chi connectivity index (χ2n) is 4.39. The van der Waals surface area contributed by atoms with Crippen molar-refractivity contribution in [2.24, 2.45) is 0 Å². The van der Waals surface area contributed by atoms with Crippen molar-refractivity contribution >= 4 is 0 Å². The maximum atomic E-state index is 5.61. The highest BCUT2D eigenvalue weighted by Gasteiger charge is 2.39. The molecule has 0 N–H and O–H groups in total. The van der Waals surface area contributed by atoms with Gasteiger partial charge >= 0.3 is 0 Å². The molecule has 0 aliphatic carbocycles. The molecule has 14 heavy (non-hydrogen) atoms. The smallest absolute Gasteiger partial charge is 0.0653 e. The second-order valence-corrected chi connectivity index (χ2v) is 4.39. The lowest BCUT2D eigenvalue weighted by atomic mass is 9.91. The van der Waals surface area contributed by atoms with Crippen LogP contribution in [0.3, 0.4) is 0 Å². The Bertz CT molecular complexity index is 202. The zero-order chi connectivity index (χ0) is 10.6. The molecule has 0 amide bonds. The number of ether oxygens (including phenoxy) is 1. The van der Waals surface area contributed by atoms with E-state index < -0.39 is 0 Å². The first-order chi connectivity index (χ1) is 6.64. The van der Waals surface area contributed by atoms with Crippen LogP contribution in [-0.2, 0) is 4.74 Å². The van der Waals surface area contributed by atoms with Crippen LogP contribution in [0.1, 0.15) is 33.1 Å². The lowest BCUT2D eigenvalue weighted by Crippen LogP contribution is -2.45. The number of likely N-dealkylation sites (tertiary alicyclic amines) is 1. The summed E-state index contributed by atoms with van der Waals surface area (Å²) in [6, 6.07) is 0. The van der Waals surface area contributed by atoms with Gasteiger partial charge in [0.05, 0.1) is 6.61 Å². The summed E-state index contributed by atoms with van der Waals surface area (Å²) in [5, 5.41) is 0. The van der Waals surface area contributed by atoms with Gasteiger partial charge in [-0.15, -0.1) is 0 Å². The van der Waals surface area contributed by atoms with E-state index in [-0.39, 0.29) is 5.54 Å². The van der Waals surface area contributed by atoms with E-state index in [9.17, 15) is 0 Å². The van der Waals surface area contributed by atoms with Crippen LogP contribution in [0.5, 0.6) is 0 Å². The maximum absolute atomic E-state index is 5.61. The molecule has 82 valence electrons. The van der Waals surface area contributed by atoms with Crippen molar-refractivity contribution in [2.45, 2.75) is 38.6 Å². The Balaban J connectivity index is 2.65. The van der Waals surface area contributed by atoms with Gasteiger partial charge in [-0.3, -0.25) is 4.90 Å². The largest absolute Gasteiger partial charge is 0.380 e. The van der Waals surface area contributed by atoms with Crippen LogP contribution >= 0.6 is 0 Å². The highest BCUT2D eigenvalue weighted by atomic mass is 16.5. The van der Waals surface area contributed by atoms with Gasteiger partial charge in [-0.05, 0) is 26.8 Å². The normalized spacial score (nSPS) is 28.6. The molecule has 1 aliphatic heterocycles. The Morgan fingerprint density at radius 3 is 2.64 bits per heavy atom. The van der Waals surface area contributed by atoms with Crippen LogP contribution in [0.4, 0.5) is 0 Å². The topological polar surface area (TPSA) is 12.5 Å². The van der Waals surface area contributed by atoms with Crippen molar-refractivity contribution in [3.63, 3.8) is 0 Å². The van der Waals surface area contributed by atoms with Gasteiger partial charge in [0, 0.05) is 18.7 Å². The fourth-order valence-corrected chi connectivity index (χ4v) is 2.43. The third-order valence-electron chi connectivity index (χ3n) is 3.14. The molecular weight excluding hydrogens is 174 g/mol. The van der Waals surface area contributed by atoms with Gasteiger partial charge in [-0.1, -0.05) is 25.5 Å². The van der Waals surface area contributed by atoms with Gasteiger partial charge < -0.3 is 4.74 Å². The second kappa shape index (κ2) is 4.94. The molecule has 1 atom stereocenters. The lowest BCUT2D eigenvalue weighted by molar-refractivity contribution is 0.0256. The maximum Gasteiger partial charge on any atom is 0.0653 e. The molecule has 0 spiro atoms. The van der Waals surface area contributed by atoms with E-state index in [1.165, 1.54) is 18.4 Å². The van der Waals surface area contributed by atoms with E-state index in [1.54, 1.807) is 0 Å². The van der Waals surface area contributed by atoms with E-state index in [1.807, 2.05) is 0 Å². The van der Waals surface area contributed by atoms with Crippen molar-refractivity contribution in [1.29, 1.82) is 0 Å². The van der Waals surface area contributed by atoms with Crippen LogP contribution in [0, 0.1) is 0 Å². The number of hydrogen-bond donors (Lipinski definition) is 0. The van der Waals surface area contributed by atoms with Crippen LogP contribution in [0.25, 0.3) is 0 Å². The van der Waals surface area contributed by atoms with Crippen LogP contribution in [0.2, 0.25) is 0 Å². The SMILES string of the molecule is C=C1CN(C)[C@](CCC)(COCC)C1. The third kappa shape index (κ3) is 2.37. The number of likely N-dealkylation sites (N-methyl/N-ethyl adjacent to an activating group) is 1. The first-order valence-electron chi connectivity index (χ1n) is 5.60. The first kappa shape index (κ1) is 11.7. The van der Waals surface area contributed by atoms with E-state index in [2.05, 4.69) is 32.4 Å². The molecule has 0 aromatic rings. The summed E-state index contributed by atoms with van der Waals surface area (Å²) < 4.78 is 5.61. The molecule has 1 heterocycles. The summed E-state index contributed by atoms with van der Waals surface area (Å²) in [7, 11) is 2.19. The van der Waals surface area contributed by atoms with Gasteiger partial charge in [-0.2, -0.15) is 0 Å². The van der Waals surface area contributed by atoms with Crippen LogP contribution in [-0.4, -0.2) is 37.2 Å². The molecule has 1 fully saturated rings. The molecule has 1 aliphatic rings. The molecule has 0 aromatic carbocycles. The number of hydrogen-bond acceptors (Lipinski definition) is 2. The predicted molar refractivity (Wildman–Crippen MR) is 60.5 cm³/mol. The highest BCUT2D eigenvalue weighted by molar-refractivity contribution is 5.14. The Labute approximate surface area is 87.9 Å². The van der Waals surface area contributed by atoms with E-state index in [0.29, 0.717) is 0 Å². The summed E-state index contributed by atoms with van der Waals surface area (Å²) in [6.45, 7) is 11.1. The van der Waals surface area contributed by atoms with Gasteiger partial charge in [0.2, 0.25) is 0 Å². The van der Waals surface area contributed by atoms with Gasteiger partial charge in [0.25, 0.3) is 0 Å². The lowest BCUT2D eigenvalue weighted by Gasteiger charge is -2.35. The van der Waals surface area contributed by atoms with E-state index in [0.717, 1.165) is 26.2 Å². The van der Waals surface area contributed by atoms with Crippen molar-refractivity contribution < 1.29 is 4.74 Å². The standard InChI is InChI=1S/C12H23NO/c1-5-7-12(10-14-6-2)8-11(3)9-13(12)4/h3,5-10H2,1-2,4H3/t12-/m0/s1. The predicted octanol–water partition coefficient (Wildman–Crippen LogP) is 2.45. The number of nitrogens with zero attached hydrogens (tertiary/aromatic N) is 1. The quantitative estimate of drug-likeness (QED) is 0.628. The molecular formula is C12H23NO. The van der Waals surface area contributed by atoms with E-state index in [4.69, 9.17) is 4.74 Å². The van der Waals surface area contributed by atoms with Crippen molar-refractivity contribution in [3.8, 4) is 0 Å². The Kier molecular flexibility index (Phi) is 4.14. The fourth-order valence-electron chi connectivity index (χ4n) is 2.43. The monoisotopic (exact) mass is 197 g/mol. The van der Waals surface area contributed by atoms with Gasteiger partial charge in [-0.25, -0.2) is 0 Å². The summed E-state index contributed by atoms with van der Waals surface area (Å²) in [5.41, 5.74) is 1.59. The average Bonchev–Trinajstić information content (AvgIpc) is 2.40. The molecule has 0 saturated carbocycles. The molecule has 1 rings (SSSR count). The molecule has 0 radical (unpaired) electrons. The third-order valence-corrected chi connectivity index (χ3v) is 3.14. The zero-order valence-electron chi connectivity index (χ0n) is 9.81. The summed E-state index contributed by atoms with van der Waals surface area (Å²) in [5.74, 6) is 0. The minimum Gasteiger partial charge on any atom is -0.380 e. The first-order valence-corrected chi connectivity index (χ1v) is 5.60. The molecule has 2 heteroatoms. The van der Waals surface area contributed by atoms with Crippen molar-refractivity contribution in [2.75, 3.05) is 26.8 Å². The summed E-state index contributed by atoms with van der Waals surface area (Å²) >= 11 is 0. The molecule has 1 saturated heterocycles. The Morgan fingerprint density at radius 2 is 2.21 bits per heavy atom. The van der Waals surface area contributed by atoms with Crippen LogP contribution in [0.15, 0.2) is 12.2 Å². The van der Waals surface area contributed by atoms with Crippen molar-refractivity contribution in [3.05, 3.63) is 12.2 Å². The van der Waals surface area contributed by atoms with Gasteiger partial charge in [0.15, 0.2) is 0 Å². The fraction of sp³-hybridized carbons (Fsp3) is 0.833. The summed E-state index contributed by atoms with van der Waals surface area (Å²) in [6.07, 6.45) is 3.53. The minimum absolute atomic E-state index is 0.238. The molecule has 2 nitrogen and oxygen atoms in total. The highest BCUT2D eigenvalue weighted by Crippen LogP contribution is 2.34. The van der Waals surface area contributed by atoms with Crippen molar-refractivity contribution in [1.82, 2.24) is 4.90 Å². The minimum atomic E-state index is 0.238. The Morgan fingerprint density at radius 1 is 1.50 bits per heavy atom. The molecule has 0 aromatic heterocycles. The van der Waals surface area contributed by atoms with Gasteiger partial charge in [0.1, 0.15) is 0 Å². The zero-order valence-corrected chi connectivity index (χ0v) is 9.81. The summed E-state index contributed by atoms with van der Waals surface area (Å²) in [4.78, 5) is 2.41. The average molecular weight is 197 g/mol. The molecule has 0 unspecified atom stereocenters. The Hall–Kier alpha value is -0.340. The molecule has 0 bridgehead atoms. The van der Waals surface area contributed by atoms with E-state index >= 15 is 0 Å². The van der Waals surface area contributed by atoms with Crippen LogP contribution < -0.4 is 0 Å². The number of rotatable bonds is 5.